The van der Waals surface area contributed by atoms with E-state index < -0.39 is 0 Å². The Bertz CT molecular complexity index is 502. The summed E-state index contributed by atoms with van der Waals surface area (Å²) in [6.45, 7) is 4.38. The highest BCUT2D eigenvalue weighted by Gasteiger charge is 2.43. The molecule has 3 nitrogen and oxygen atoms in total. The lowest BCUT2D eigenvalue weighted by molar-refractivity contribution is 0.0430. The Balaban J connectivity index is 1.95. The van der Waals surface area contributed by atoms with E-state index in [0.717, 1.165) is 12.8 Å². The van der Waals surface area contributed by atoms with Crippen molar-refractivity contribution in [2.24, 2.45) is 11.8 Å². The van der Waals surface area contributed by atoms with Crippen LogP contribution < -0.4 is 0 Å². The van der Waals surface area contributed by atoms with Crippen LogP contribution in [0.4, 0.5) is 0 Å². The number of imide groups is 1. The minimum Gasteiger partial charge on any atom is -0.271 e. The quantitative estimate of drug-likeness (QED) is 0.725. The predicted molar refractivity (Wildman–Crippen MR) is 72.9 cm³/mol. The second-order valence-electron chi connectivity index (χ2n) is 5.86. The molecule has 1 aromatic carbocycles. The Morgan fingerprint density at radius 1 is 1.00 bits per heavy atom. The lowest BCUT2D eigenvalue weighted by Crippen LogP contribution is -2.47. The van der Waals surface area contributed by atoms with Crippen LogP contribution in [0.1, 0.15) is 53.8 Å². The third kappa shape index (κ3) is 1.79. The molecular formula is C16H19NO2. The number of carbonyl (C=O) groups is 2. The molecule has 19 heavy (non-hydrogen) atoms. The molecule has 3 atom stereocenters. The SMILES string of the molecule is C[C@H]1[C@H](C)CCC[C@H]1N1C(=O)c2ccccc2C1=O. The number of hydrogen-bond donors (Lipinski definition) is 0. The van der Waals surface area contributed by atoms with E-state index in [-0.39, 0.29) is 17.9 Å². The van der Waals surface area contributed by atoms with Gasteiger partial charge in [0.15, 0.2) is 0 Å². The maximum atomic E-state index is 12.5. The maximum absolute atomic E-state index is 12.5. The monoisotopic (exact) mass is 257 g/mol. The van der Waals surface area contributed by atoms with Crippen molar-refractivity contribution in [2.75, 3.05) is 0 Å². The average molecular weight is 257 g/mol. The molecule has 0 saturated heterocycles. The first-order valence-corrected chi connectivity index (χ1v) is 7.08. The zero-order chi connectivity index (χ0) is 13.6. The molecule has 0 radical (unpaired) electrons. The van der Waals surface area contributed by atoms with Gasteiger partial charge in [-0.1, -0.05) is 38.8 Å². The summed E-state index contributed by atoms with van der Waals surface area (Å²) in [5, 5.41) is 0. The summed E-state index contributed by atoms with van der Waals surface area (Å²) < 4.78 is 0. The van der Waals surface area contributed by atoms with Crippen molar-refractivity contribution in [3.8, 4) is 0 Å². The van der Waals surface area contributed by atoms with Gasteiger partial charge >= 0.3 is 0 Å². The number of rotatable bonds is 1. The van der Waals surface area contributed by atoms with E-state index in [1.165, 1.54) is 11.3 Å². The predicted octanol–water partition coefficient (Wildman–Crippen LogP) is 3.11. The molecule has 1 saturated carbocycles. The Morgan fingerprint density at radius 2 is 1.58 bits per heavy atom. The minimum absolute atomic E-state index is 0.0659. The zero-order valence-electron chi connectivity index (χ0n) is 11.4. The Kier molecular flexibility index (Phi) is 2.92. The number of benzene rings is 1. The molecule has 3 heteroatoms. The van der Waals surface area contributed by atoms with Crippen molar-refractivity contribution in [3.63, 3.8) is 0 Å². The van der Waals surface area contributed by atoms with Crippen LogP contribution in [-0.2, 0) is 0 Å². The first kappa shape index (κ1) is 12.4. The van der Waals surface area contributed by atoms with Gasteiger partial charge in [0.2, 0.25) is 0 Å². The number of amides is 2. The molecule has 0 unspecified atom stereocenters. The van der Waals surface area contributed by atoms with E-state index in [9.17, 15) is 9.59 Å². The average Bonchev–Trinajstić information content (AvgIpc) is 2.67. The summed E-state index contributed by atoms with van der Waals surface area (Å²) in [6, 6.07) is 7.22. The van der Waals surface area contributed by atoms with Gasteiger partial charge in [0, 0.05) is 6.04 Å². The molecule has 2 amide bonds. The van der Waals surface area contributed by atoms with Crippen LogP contribution in [0, 0.1) is 11.8 Å². The fourth-order valence-corrected chi connectivity index (χ4v) is 3.43. The van der Waals surface area contributed by atoms with Crippen molar-refractivity contribution < 1.29 is 9.59 Å². The number of nitrogens with zero attached hydrogens (tertiary/aromatic N) is 1. The molecule has 1 heterocycles. The van der Waals surface area contributed by atoms with Crippen molar-refractivity contribution in [3.05, 3.63) is 35.4 Å². The normalized spacial score (nSPS) is 30.6. The molecule has 3 rings (SSSR count). The van der Waals surface area contributed by atoms with Crippen molar-refractivity contribution in [1.29, 1.82) is 0 Å². The van der Waals surface area contributed by atoms with Gasteiger partial charge in [-0.3, -0.25) is 14.5 Å². The van der Waals surface area contributed by atoms with Gasteiger partial charge in [-0.15, -0.1) is 0 Å². The Labute approximate surface area is 113 Å². The highest BCUT2D eigenvalue weighted by atomic mass is 16.2. The molecule has 1 fully saturated rings. The molecule has 100 valence electrons. The van der Waals surface area contributed by atoms with Gasteiger partial charge in [0.05, 0.1) is 11.1 Å². The third-order valence-electron chi connectivity index (χ3n) is 4.82. The van der Waals surface area contributed by atoms with Crippen LogP contribution in [0.15, 0.2) is 24.3 Å². The van der Waals surface area contributed by atoms with E-state index in [4.69, 9.17) is 0 Å². The highest BCUT2D eigenvalue weighted by Crippen LogP contribution is 2.36. The van der Waals surface area contributed by atoms with Crippen LogP contribution in [-0.4, -0.2) is 22.8 Å². The van der Waals surface area contributed by atoms with Crippen LogP contribution in [0.3, 0.4) is 0 Å². The first-order valence-electron chi connectivity index (χ1n) is 7.08. The third-order valence-corrected chi connectivity index (χ3v) is 4.82. The van der Waals surface area contributed by atoms with E-state index >= 15 is 0 Å². The van der Waals surface area contributed by atoms with Gasteiger partial charge in [-0.2, -0.15) is 0 Å². The van der Waals surface area contributed by atoms with Crippen LogP contribution in [0.2, 0.25) is 0 Å². The standard InChI is InChI=1S/C16H19NO2/c1-10-6-5-9-14(11(10)2)17-15(18)12-7-3-4-8-13(12)16(17)19/h3-4,7-8,10-11,14H,5-6,9H2,1-2H3/t10-,11+,14-/m1/s1. The van der Waals surface area contributed by atoms with Gasteiger partial charge in [0.1, 0.15) is 0 Å². The Morgan fingerprint density at radius 3 is 2.16 bits per heavy atom. The largest absolute Gasteiger partial charge is 0.271 e. The number of hydrogen-bond acceptors (Lipinski definition) is 2. The van der Waals surface area contributed by atoms with Crippen LogP contribution >= 0.6 is 0 Å². The second kappa shape index (κ2) is 4.48. The summed E-state index contributed by atoms with van der Waals surface area (Å²) in [4.78, 5) is 26.4. The summed E-state index contributed by atoms with van der Waals surface area (Å²) in [5.41, 5.74) is 1.14. The van der Waals surface area contributed by atoms with E-state index in [0.29, 0.717) is 23.0 Å². The molecule has 0 bridgehead atoms. The summed E-state index contributed by atoms with van der Waals surface area (Å²) in [6.07, 6.45) is 3.24. The smallest absolute Gasteiger partial charge is 0.261 e. The van der Waals surface area contributed by atoms with E-state index in [1.54, 1.807) is 12.1 Å². The van der Waals surface area contributed by atoms with Crippen molar-refractivity contribution in [1.82, 2.24) is 4.90 Å². The fraction of sp³-hybridized carbons (Fsp3) is 0.500. The first-order chi connectivity index (χ1) is 9.11. The molecule has 1 aromatic rings. The lowest BCUT2D eigenvalue weighted by atomic mass is 9.77. The van der Waals surface area contributed by atoms with Crippen LogP contribution in [0.25, 0.3) is 0 Å². The van der Waals surface area contributed by atoms with Crippen molar-refractivity contribution >= 4 is 11.8 Å². The van der Waals surface area contributed by atoms with Gasteiger partial charge in [0.25, 0.3) is 11.8 Å². The molecule has 1 aliphatic heterocycles. The second-order valence-corrected chi connectivity index (χ2v) is 5.86. The van der Waals surface area contributed by atoms with Crippen LogP contribution in [0.5, 0.6) is 0 Å². The molecular weight excluding hydrogens is 238 g/mol. The number of carbonyl (C=O) groups excluding carboxylic acids is 2. The fourth-order valence-electron chi connectivity index (χ4n) is 3.43. The van der Waals surface area contributed by atoms with Gasteiger partial charge in [-0.25, -0.2) is 0 Å². The minimum atomic E-state index is -0.105. The molecule has 0 N–H and O–H groups in total. The summed E-state index contributed by atoms with van der Waals surface area (Å²) in [7, 11) is 0. The van der Waals surface area contributed by atoms with Gasteiger partial charge in [-0.05, 0) is 30.4 Å². The molecule has 2 aliphatic rings. The Hall–Kier alpha value is -1.64. The van der Waals surface area contributed by atoms with Gasteiger partial charge < -0.3 is 0 Å². The topological polar surface area (TPSA) is 37.4 Å². The molecule has 0 spiro atoms. The maximum Gasteiger partial charge on any atom is 0.261 e. The lowest BCUT2D eigenvalue weighted by Gasteiger charge is -2.38. The van der Waals surface area contributed by atoms with E-state index in [1.807, 2.05) is 12.1 Å². The van der Waals surface area contributed by atoms with E-state index in [2.05, 4.69) is 13.8 Å². The van der Waals surface area contributed by atoms with Crippen molar-refractivity contribution in [2.45, 2.75) is 39.2 Å². The highest BCUT2D eigenvalue weighted by molar-refractivity contribution is 6.21. The summed E-state index contributed by atoms with van der Waals surface area (Å²) >= 11 is 0. The summed E-state index contributed by atoms with van der Waals surface area (Å²) in [5.74, 6) is 0.747. The number of fused-ring (bicyclic) bond motifs is 1. The molecule has 1 aliphatic carbocycles. The zero-order valence-corrected chi connectivity index (χ0v) is 11.4. The molecule has 0 aromatic heterocycles.